The van der Waals surface area contributed by atoms with Gasteiger partial charge in [0.2, 0.25) is 0 Å². The zero-order valence-corrected chi connectivity index (χ0v) is 9.52. The van der Waals surface area contributed by atoms with Crippen LogP contribution in [0.3, 0.4) is 0 Å². The summed E-state index contributed by atoms with van der Waals surface area (Å²) in [6.45, 7) is 0.436. The first kappa shape index (κ1) is 10.9. The summed E-state index contributed by atoms with van der Waals surface area (Å²) < 4.78 is 5.50. The van der Waals surface area contributed by atoms with E-state index in [2.05, 4.69) is 12.6 Å². The van der Waals surface area contributed by atoms with Crippen molar-refractivity contribution in [1.29, 1.82) is 0 Å². The number of phenolic OH excluding ortho intramolecular Hbond substituents is 1. The van der Waals surface area contributed by atoms with Crippen molar-refractivity contribution in [3.63, 3.8) is 0 Å². The maximum atomic E-state index is 9.55. The predicted molar refractivity (Wildman–Crippen MR) is 66.1 cm³/mol. The molecule has 3 heteroatoms. The quantitative estimate of drug-likeness (QED) is 0.795. The molecule has 0 bridgehead atoms. The Balaban J connectivity index is 2.08. The Kier molecular flexibility index (Phi) is 3.37. The van der Waals surface area contributed by atoms with E-state index in [-0.39, 0.29) is 5.75 Å². The molecule has 0 heterocycles. The van der Waals surface area contributed by atoms with Crippen molar-refractivity contribution in [1.82, 2.24) is 0 Å². The molecule has 0 fully saturated rings. The van der Waals surface area contributed by atoms with Crippen LogP contribution in [0, 0.1) is 0 Å². The molecule has 0 spiro atoms. The van der Waals surface area contributed by atoms with E-state index in [1.165, 1.54) is 0 Å². The number of hydrogen-bond donors (Lipinski definition) is 2. The summed E-state index contributed by atoms with van der Waals surface area (Å²) >= 11 is 4.19. The smallest absolute Gasteiger partial charge is 0.162 e. The molecule has 2 aromatic carbocycles. The zero-order valence-electron chi connectivity index (χ0n) is 8.63. The van der Waals surface area contributed by atoms with Crippen LogP contribution >= 0.6 is 12.6 Å². The Bertz CT molecular complexity index is 469. The van der Waals surface area contributed by atoms with Gasteiger partial charge in [0.1, 0.15) is 6.61 Å². The number of thiol groups is 1. The molecule has 0 unspecified atom stereocenters. The van der Waals surface area contributed by atoms with Crippen LogP contribution < -0.4 is 4.74 Å². The first-order valence-corrected chi connectivity index (χ1v) is 5.39. The highest BCUT2D eigenvalue weighted by Crippen LogP contribution is 2.28. The van der Waals surface area contributed by atoms with Crippen LogP contribution in [0.1, 0.15) is 5.56 Å². The molecule has 2 rings (SSSR count). The van der Waals surface area contributed by atoms with Gasteiger partial charge >= 0.3 is 0 Å². The van der Waals surface area contributed by atoms with Crippen molar-refractivity contribution in [2.75, 3.05) is 0 Å². The van der Waals surface area contributed by atoms with Crippen LogP contribution in [-0.4, -0.2) is 5.11 Å². The Morgan fingerprint density at radius 1 is 1.06 bits per heavy atom. The summed E-state index contributed by atoms with van der Waals surface area (Å²) in [6, 6.07) is 14.8. The van der Waals surface area contributed by atoms with Gasteiger partial charge in [-0.1, -0.05) is 30.3 Å². The Morgan fingerprint density at radius 2 is 1.81 bits per heavy atom. The topological polar surface area (TPSA) is 29.5 Å². The zero-order chi connectivity index (χ0) is 11.4. The third kappa shape index (κ3) is 2.70. The standard InChI is InChI=1S/C13H12O2S/c14-12-7-6-11(16)8-13(12)15-9-10-4-2-1-3-5-10/h1-8,14,16H,9H2. The minimum Gasteiger partial charge on any atom is -0.504 e. The number of rotatable bonds is 3. The maximum Gasteiger partial charge on any atom is 0.162 e. The summed E-state index contributed by atoms with van der Waals surface area (Å²) in [4.78, 5) is 0.765. The second kappa shape index (κ2) is 4.94. The molecular formula is C13H12O2S. The summed E-state index contributed by atoms with van der Waals surface area (Å²) in [6.07, 6.45) is 0. The van der Waals surface area contributed by atoms with Crippen molar-refractivity contribution < 1.29 is 9.84 Å². The third-order valence-corrected chi connectivity index (χ3v) is 2.46. The van der Waals surface area contributed by atoms with E-state index in [1.807, 2.05) is 30.3 Å². The van der Waals surface area contributed by atoms with E-state index in [9.17, 15) is 5.11 Å². The molecule has 0 aliphatic carbocycles. The van der Waals surface area contributed by atoms with Gasteiger partial charge in [0.25, 0.3) is 0 Å². The second-order valence-electron chi connectivity index (χ2n) is 3.43. The normalized spacial score (nSPS) is 10.1. The average Bonchev–Trinajstić information content (AvgIpc) is 2.32. The monoisotopic (exact) mass is 232 g/mol. The van der Waals surface area contributed by atoms with Crippen LogP contribution in [0.5, 0.6) is 11.5 Å². The van der Waals surface area contributed by atoms with Gasteiger partial charge in [0, 0.05) is 4.90 Å². The van der Waals surface area contributed by atoms with Crippen LogP contribution in [-0.2, 0) is 6.61 Å². The van der Waals surface area contributed by atoms with Gasteiger partial charge in [0.15, 0.2) is 11.5 Å². The molecule has 0 aliphatic heterocycles. The Hall–Kier alpha value is -1.61. The van der Waals surface area contributed by atoms with Crippen molar-refractivity contribution in [3.8, 4) is 11.5 Å². The Morgan fingerprint density at radius 3 is 2.56 bits per heavy atom. The van der Waals surface area contributed by atoms with Crippen molar-refractivity contribution in [3.05, 3.63) is 54.1 Å². The molecule has 2 nitrogen and oxygen atoms in total. The SMILES string of the molecule is Oc1ccc(S)cc1OCc1ccccc1. The van der Waals surface area contributed by atoms with E-state index in [1.54, 1.807) is 18.2 Å². The molecule has 0 aromatic heterocycles. The van der Waals surface area contributed by atoms with Gasteiger partial charge in [-0.05, 0) is 23.8 Å². The van der Waals surface area contributed by atoms with Crippen LogP contribution in [0.25, 0.3) is 0 Å². The summed E-state index contributed by atoms with van der Waals surface area (Å²) in [7, 11) is 0. The van der Waals surface area contributed by atoms with Crippen LogP contribution in [0.4, 0.5) is 0 Å². The lowest BCUT2D eigenvalue weighted by atomic mass is 10.2. The number of aromatic hydroxyl groups is 1. The molecule has 0 saturated heterocycles. The van der Waals surface area contributed by atoms with Crippen molar-refractivity contribution >= 4 is 12.6 Å². The second-order valence-corrected chi connectivity index (χ2v) is 3.94. The highest BCUT2D eigenvalue weighted by Gasteiger charge is 2.02. The van der Waals surface area contributed by atoms with Crippen molar-refractivity contribution in [2.45, 2.75) is 11.5 Å². The lowest BCUT2D eigenvalue weighted by molar-refractivity contribution is 0.288. The fourth-order valence-electron chi connectivity index (χ4n) is 1.35. The predicted octanol–water partition coefficient (Wildman–Crippen LogP) is 3.26. The number of hydrogen-bond acceptors (Lipinski definition) is 3. The van der Waals surface area contributed by atoms with Gasteiger partial charge in [-0.3, -0.25) is 0 Å². The lowest BCUT2D eigenvalue weighted by Crippen LogP contribution is -1.95. The third-order valence-electron chi connectivity index (χ3n) is 2.18. The van der Waals surface area contributed by atoms with E-state index in [0.717, 1.165) is 10.5 Å². The van der Waals surface area contributed by atoms with Crippen LogP contribution in [0.15, 0.2) is 53.4 Å². The fourth-order valence-corrected chi connectivity index (χ4v) is 1.55. The first-order valence-electron chi connectivity index (χ1n) is 4.94. The molecule has 82 valence electrons. The lowest BCUT2D eigenvalue weighted by Gasteiger charge is -2.08. The number of phenols is 1. The summed E-state index contributed by atoms with van der Waals surface area (Å²) in [5.41, 5.74) is 1.06. The van der Waals surface area contributed by atoms with Crippen molar-refractivity contribution in [2.24, 2.45) is 0 Å². The molecule has 0 radical (unpaired) electrons. The highest BCUT2D eigenvalue weighted by molar-refractivity contribution is 7.80. The number of benzene rings is 2. The van der Waals surface area contributed by atoms with E-state index < -0.39 is 0 Å². The molecule has 0 amide bonds. The molecule has 0 saturated carbocycles. The van der Waals surface area contributed by atoms with Gasteiger partial charge in [0.05, 0.1) is 0 Å². The molecule has 2 aromatic rings. The molecule has 16 heavy (non-hydrogen) atoms. The first-order chi connectivity index (χ1) is 7.75. The van der Waals surface area contributed by atoms with Gasteiger partial charge in [-0.2, -0.15) is 0 Å². The van der Waals surface area contributed by atoms with Gasteiger partial charge < -0.3 is 9.84 Å². The number of ether oxygens (including phenoxy) is 1. The van der Waals surface area contributed by atoms with E-state index >= 15 is 0 Å². The fraction of sp³-hybridized carbons (Fsp3) is 0.0769. The molecule has 0 atom stereocenters. The van der Waals surface area contributed by atoms with Crippen LogP contribution in [0.2, 0.25) is 0 Å². The minimum atomic E-state index is 0.133. The molecular weight excluding hydrogens is 220 g/mol. The van der Waals surface area contributed by atoms with Gasteiger partial charge in [-0.25, -0.2) is 0 Å². The minimum absolute atomic E-state index is 0.133. The van der Waals surface area contributed by atoms with E-state index in [4.69, 9.17) is 4.74 Å². The summed E-state index contributed by atoms with van der Waals surface area (Å²) in [5.74, 6) is 0.588. The molecule has 1 N–H and O–H groups in total. The van der Waals surface area contributed by atoms with Gasteiger partial charge in [-0.15, -0.1) is 12.6 Å². The average molecular weight is 232 g/mol. The summed E-state index contributed by atoms with van der Waals surface area (Å²) in [5, 5.41) is 9.55. The molecule has 0 aliphatic rings. The Labute approximate surface area is 99.9 Å². The maximum absolute atomic E-state index is 9.55. The van der Waals surface area contributed by atoms with E-state index in [0.29, 0.717) is 12.4 Å². The highest BCUT2D eigenvalue weighted by atomic mass is 32.1. The largest absolute Gasteiger partial charge is 0.504 e.